The standard InChI is InChI=1S/C20H27ClFN5S.HI/c1-3-14-11-24-18(28-14)13-26-20(23-2)25-12-17(27-9-4-5-10-27)19-15(21)7-6-8-16(19)22;/h6-8,11,17H,3-5,9-10,12-13H2,1-2H3,(H2,23,25,26);1H. The summed E-state index contributed by atoms with van der Waals surface area (Å²) in [7, 11) is 1.73. The molecule has 0 bridgehead atoms. The van der Waals surface area contributed by atoms with Crippen molar-refractivity contribution in [1.29, 1.82) is 0 Å². The Labute approximate surface area is 198 Å². The van der Waals surface area contributed by atoms with Crippen LogP contribution in [-0.2, 0) is 13.0 Å². The summed E-state index contributed by atoms with van der Waals surface area (Å²) in [4.78, 5) is 12.3. The number of hydrogen-bond donors (Lipinski definition) is 2. The SMILES string of the molecule is CCc1cnc(CNC(=NC)NCC(c2c(F)cccc2Cl)N2CCCC2)s1.I. The summed E-state index contributed by atoms with van der Waals surface area (Å²) in [5.74, 6) is 0.411. The second-order valence-electron chi connectivity index (χ2n) is 6.77. The van der Waals surface area contributed by atoms with Crippen molar-refractivity contribution in [1.82, 2.24) is 20.5 Å². The zero-order chi connectivity index (χ0) is 19.9. The molecule has 3 rings (SSSR count). The Bertz CT molecular complexity index is 790. The van der Waals surface area contributed by atoms with E-state index in [1.165, 1.54) is 10.9 Å². The van der Waals surface area contributed by atoms with Gasteiger partial charge in [-0.1, -0.05) is 24.6 Å². The van der Waals surface area contributed by atoms with Crippen LogP contribution in [0.4, 0.5) is 4.39 Å². The lowest BCUT2D eigenvalue weighted by Gasteiger charge is -2.29. The molecular weight excluding hydrogens is 524 g/mol. The van der Waals surface area contributed by atoms with Crippen LogP contribution in [0.3, 0.4) is 0 Å². The summed E-state index contributed by atoms with van der Waals surface area (Å²) >= 11 is 8.06. The van der Waals surface area contributed by atoms with Gasteiger partial charge < -0.3 is 10.6 Å². The molecule has 29 heavy (non-hydrogen) atoms. The number of hydrogen-bond acceptors (Lipinski definition) is 4. The molecule has 0 aliphatic carbocycles. The minimum absolute atomic E-state index is 0. The number of rotatable bonds is 7. The third-order valence-corrected chi connectivity index (χ3v) is 6.43. The smallest absolute Gasteiger partial charge is 0.191 e. The van der Waals surface area contributed by atoms with E-state index in [0.29, 0.717) is 29.6 Å². The van der Waals surface area contributed by atoms with E-state index in [1.54, 1.807) is 30.5 Å². The second kappa shape index (κ2) is 12.0. The number of likely N-dealkylation sites (tertiary alicyclic amines) is 1. The fourth-order valence-corrected chi connectivity index (χ4v) is 4.55. The molecule has 1 atom stereocenters. The van der Waals surface area contributed by atoms with E-state index in [0.717, 1.165) is 37.4 Å². The van der Waals surface area contributed by atoms with Crippen molar-refractivity contribution in [2.24, 2.45) is 4.99 Å². The minimum Gasteiger partial charge on any atom is -0.354 e. The van der Waals surface area contributed by atoms with Gasteiger partial charge in [-0.25, -0.2) is 9.37 Å². The number of nitrogens with zero attached hydrogens (tertiary/aromatic N) is 3. The van der Waals surface area contributed by atoms with Crippen molar-refractivity contribution in [2.45, 2.75) is 38.8 Å². The molecule has 0 saturated carbocycles. The van der Waals surface area contributed by atoms with Crippen LogP contribution in [0.2, 0.25) is 5.02 Å². The monoisotopic (exact) mass is 551 g/mol. The first-order valence-corrected chi connectivity index (χ1v) is 10.9. The van der Waals surface area contributed by atoms with Gasteiger partial charge in [0.1, 0.15) is 10.8 Å². The number of aliphatic imine (C=N–C) groups is 1. The van der Waals surface area contributed by atoms with Crippen LogP contribution in [0, 0.1) is 5.82 Å². The van der Waals surface area contributed by atoms with Crippen molar-refractivity contribution in [3.05, 3.63) is 50.7 Å². The highest BCUT2D eigenvalue weighted by atomic mass is 127. The Morgan fingerprint density at radius 1 is 1.34 bits per heavy atom. The van der Waals surface area contributed by atoms with E-state index < -0.39 is 0 Å². The topological polar surface area (TPSA) is 52.6 Å². The lowest BCUT2D eigenvalue weighted by atomic mass is 10.0. The van der Waals surface area contributed by atoms with Gasteiger partial charge in [0.15, 0.2) is 5.96 Å². The summed E-state index contributed by atoms with van der Waals surface area (Å²) in [5, 5.41) is 8.12. The van der Waals surface area contributed by atoms with Crippen LogP contribution in [0.25, 0.3) is 0 Å². The first-order chi connectivity index (χ1) is 13.6. The van der Waals surface area contributed by atoms with Crippen molar-refractivity contribution < 1.29 is 4.39 Å². The molecule has 1 aromatic carbocycles. The Balaban J connectivity index is 0.00000300. The molecule has 0 radical (unpaired) electrons. The molecule has 5 nitrogen and oxygen atoms in total. The zero-order valence-corrected chi connectivity index (χ0v) is 20.7. The van der Waals surface area contributed by atoms with Gasteiger partial charge in [0, 0.05) is 35.3 Å². The highest BCUT2D eigenvalue weighted by molar-refractivity contribution is 14.0. The van der Waals surface area contributed by atoms with E-state index in [9.17, 15) is 4.39 Å². The maximum absolute atomic E-state index is 14.6. The van der Waals surface area contributed by atoms with Crippen molar-refractivity contribution in [3.8, 4) is 0 Å². The van der Waals surface area contributed by atoms with Crippen LogP contribution in [0.1, 0.15) is 41.3 Å². The van der Waals surface area contributed by atoms with Gasteiger partial charge in [-0.15, -0.1) is 35.3 Å². The van der Waals surface area contributed by atoms with Gasteiger partial charge in [-0.2, -0.15) is 0 Å². The highest BCUT2D eigenvalue weighted by Crippen LogP contribution is 2.31. The largest absolute Gasteiger partial charge is 0.354 e. The lowest BCUT2D eigenvalue weighted by Crippen LogP contribution is -2.42. The highest BCUT2D eigenvalue weighted by Gasteiger charge is 2.27. The maximum Gasteiger partial charge on any atom is 0.191 e. The van der Waals surface area contributed by atoms with E-state index in [-0.39, 0.29) is 35.8 Å². The van der Waals surface area contributed by atoms with Gasteiger partial charge in [-0.3, -0.25) is 9.89 Å². The number of aryl methyl sites for hydroxylation is 1. The van der Waals surface area contributed by atoms with Gasteiger partial charge >= 0.3 is 0 Å². The van der Waals surface area contributed by atoms with E-state index in [4.69, 9.17) is 11.6 Å². The number of halogens is 3. The summed E-state index contributed by atoms with van der Waals surface area (Å²) in [6.45, 7) is 5.15. The van der Waals surface area contributed by atoms with Crippen LogP contribution < -0.4 is 10.6 Å². The van der Waals surface area contributed by atoms with Crippen molar-refractivity contribution in [3.63, 3.8) is 0 Å². The second-order valence-corrected chi connectivity index (χ2v) is 8.38. The van der Waals surface area contributed by atoms with Crippen LogP contribution in [0.5, 0.6) is 0 Å². The molecule has 9 heteroatoms. The molecule has 2 heterocycles. The Morgan fingerprint density at radius 3 is 2.72 bits per heavy atom. The molecule has 2 aromatic rings. The molecule has 1 unspecified atom stereocenters. The summed E-state index contributed by atoms with van der Waals surface area (Å²) in [6, 6.07) is 4.74. The molecule has 160 valence electrons. The zero-order valence-electron chi connectivity index (χ0n) is 16.8. The Morgan fingerprint density at radius 2 is 2.10 bits per heavy atom. The molecule has 0 spiro atoms. The summed E-state index contributed by atoms with van der Waals surface area (Å²) in [6.07, 6.45) is 5.16. The number of nitrogens with one attached hydrogen (secondary N) is 2. The number of benzene rings is 1. The van der Waals surface area contributed by atoms with Crippen LogP contribution in [-0.4, -0.2) is 42.5 Å². The predicted octanol–water partition coefficient (Wildman–Crippen LogP) is 4.62. The molecule has 1 aromatic heterocycles. The third-order valence-electron chi connectivity index (χ3n) is 4.96. The fourth-order valence-electron chi connectivity index (χ4n) is 3.46. The average molecular weight is 552 g/mol. The number of thiazole rings is 1. The normalized spacial score (nSPS) is 15.8. The predicted molar refractivity (Wildman–Crippen MR) is 130 cm³/mol. The molecule has 1 aliphatic rings. The molecule has 0 amide bonds. The Hall–Kier alpha value is -0.970. The van der Waals surface area contributed by atoms with Gasteiger partial charge in [0.2, 0.25) is 0 Å². The Kier molecular flexibility index (Phi) is 10.1. The quantitative estimate of drug-likeness (QED) is 0.300. The summed E-state index contributed by atoms with van der Waals surface area (Å²) in [5.41, 5.74) is 0.557. The fraction of sp³-hybridized carbons (Fsp3) is 0.500. The first-order valence-electron chi connectivity index (χ1n) is 9.68. The van der Waals surface area contributed by atoms with Gasteiger partial charge in [0.05, 0.1) is 12.6 Å². The minimum atomic E-state index is -0.260. The van der Waals surface area contributed by atoms with E-state index in [2.05, 4.69) is 32.4 Å². The lowest BCUT2D eigenvalue weighted by molar-refractivity contribution is 0.240. The molecule has 1 aliphatic heterocycles. The van der Waals surface area contributed by atoms with Crippen LogP contribution in [0.15, 0.2) is 29.4 Å². The molecule has 1 fully saturated rings. The van der Waals surface area contributed by atoms with Crippen molar-refractivity contribution >= 4 is 52.9 Å². The molecule has 2 N–H and O–H groups in total. The average Bonchev–Trinajstić information content (AvgIpc) is 3.38. The van der Waals surface area contributed by atoms with Gasteiger partial charge in [0.25, 0.3) is 0 Å². The van der Waals surface area contributed by atoms with E-state index >= 15 is 0 Å². The molecule has 1 saturated heterocycles. The molecular formula is C20H28ClFIN5S. The van der Waals surface area contributed by atoms with Crippen LogP contribution >= 0.6 is 46.9 Å². The third kappa shape index (κ3) is 6.50. The number of aromatic nitrogens is 1. The summed E-state index contributed by atoms with van der Waals surface area (Å²) < 4.78 is 14.6. The van der Waals surface area contributed by atoms with Crippen molar-refractivity contribution in [2.75, 3.05) is 26.7 Å². The van der Waals surface area contributed by atoms with Gasteiger partial charge in [-0.05, 0) is 44.5 Å². The first kappa shape index (κ1) is 24.3. The maximum atomic E-state index is 14.6. The van der Waals surface area contributed by atoms with E-state index in [1.807, 2.05) is 6.20 Å². The number of guanidine groups is 1.